The molecular weight excluding hydrogens is 231 g/mol. The van der Waals surface area contributed by atoms with Gasteiger partial charge >= 0.3 is 0 Å². The number of aliphatic hydroxyl groups excluding tert-OH is 1. The highest BCUT2D eigenvalue weighted by molar-refractivity contribution is 5.38. The van der Waals surface area contributed by atoms with Crippen molar-refractivity contribution in [2.45, 2.75) is 51.2 Å². The highest BCUT2D eigenvalue weighted by Crippen LogP contribution is 2.52. The summed E-state index contributed by atoms with van der Waals surface area (Å²) < 4.78 is 19.3. The summed E-state index contributed by atoms with van der Waals surface area (Å²) in [4.78, 5) is 0. The minimum atomic E-state index is -0.613. The molecule has 1 aliphatic heterocycles. The zero-order valence-electron chi connectivity index (χ0n) is 10.9. The van der Waals surface area contributed by atoms with Gasteiger partial charge in [0.15, 0.2) is 0 Å². The number of halogens is 1. The fourth-order valence-electron chi connectivity index (χ4n) is 3.49. The third-order valence-corrected chi connectivity index (χ3v) is 4.28. The highest BCUT2D eigenvalue weighted by atomic mass is 19.1. The molecule has 98 valence electrons. The van der Waals surface area contributed by atoms with Crippen molar-refractivity contribution in [3.8, 4) is 5.75 Å². The van der Waals surface area contributed by atoms with Crippen LogP contribution in [0.5, 0.6) is 5.75 Å². The summed E-state index contributed by atoms with van der Waals surface area (Å²) in [5.41, 5.74) is 0.593. The van der Waals surface area contributed by atoms with Crippen LogP contribution in [0.1, 0.15) is 51.2 Å². The predicted molar refractivity (Wildman–Crippen MR) is 67.0 cm³/mol. The van der Waals surface area contributed by atoms with E-state index in [1.54, 1.807) is 6.07 Å². The maximum Gasteiger partial charge on any atom is 0.126 e. The van der Waals surface area contributed by atoms with Gasteiger partial charge in [-0.05, 0) is 42.9 Å². The van der Waals surface area contributed by atoms with Crippen molar-refractivity contribution in [3.63, 3.8) is 0 Å². The molecule has 1 fully saturated rings. The first kappa shape index (κ1) is 12.0. The van der Waals surface area contributed by atoms with Crippen LogP contribution in [0, 0.1) is 11.2 Å². The molecular formula is C15H19FO2. The van der Waals surface area contributed by atoms with Crippen molar-refractivity contribution < 1.29 is 14.2 Å². The standard InChI is InChI=1S/C15H19FO2/c1-14(2)5-6-15(9-14)8-12(17)11-7-10(16)3-4-13(11)18-15/h3-4,7,12,17H,5-6,8-9H2,1-2H3/t12-,15?/m0/s1. The zero-order chi connectivity index (χ0) is 13.0. The number of hydrogen-bond donors (Lipinski definition) is 1. The molecule has 3 heteroatoms. The molecule has 0 aromatic heterocycles. The number of hydrogen-bond acceptors (Lipinski definition) is 2. The summed E-state index contributed by atoms with van der Waals surface area (Å²) in [5, 5.41) is 10.2. The van der Waals surface area contributed by atoms with E-state index < -0.39 is 6.10 Å². The predicted octanol–water partition coefficient (Wildman–Crippen LogP) is 3.59. The van der Waals surface area contributed by atoms with Gasteiger partial charge in [-0.1, -0.05) is 13.8 Å². The van der Waals surface area contributed by atoms with E-state index in [0.717, 1.165) is 19.3 Å². The number of aliphatic hydroxyl groups is 1. The van der Waals surface area contributed by atoms with Gasteiger partial charge in [0.2, 0.25) is 0 Å². The van der Waals surface area contributed by atoms with E-state index in [9.17, 15) is 9.50 Å². The second-order valence-corrected chi connectivity index (χ2v) is 6.53. The summed E-state index contributed by atoms with van der Waals surface area (Å²) in [6.45, 7) is 4.47. The molecule has 0 radical (unpaired) electrons. The van der Waals surface area contributed by atoms with Gasteiger partial charge < -0.3 is 9.84 Å². The van der Waals surface area contributed by atoms with E-state index in [2.05, 4.69) is 13.8 Å². The zero-order valence-corrected chi connectivity index (χ0v) is 10.9. The molecule has 1 aromatic rings. The Kier molecular flexibility index (Phi) is 2.46. The molecule has 1 spiro atoms. The quantitative estimate of drug-likeness (QED) is 0.762. The summed E-state index contributed by atoms with van der Waals surface area (Å²) >= 11 is 0. The van der Waals surface area contributed by atoms with E-state index in [4.69, 9.17) is 4.74 Å². The summed E-state index contributed by atoms with van der Waals surface area (Å²) in [5.74, 6) is 0.326. The SMILES string of the molecule is CC1(C)CCC2(C[C@H](O)c3cc(F)ccc3O2)C1. The molecule has 0 amide bonds. The Balaban J connectivity index is 1.95. The lowest BCUT2D eigenvalue weighted by atomic mass is 9.83. The van der Waals surface area contributed by atoms with Gasteiger partial charge in [-0.2, -0.15) is 0 Å². The van der Waals surface area contributed by atoms with Crippen LogP contribution in [-0.4, -0.2) is 10.7 Å². The number of benzene rings is 1. The molecule has 0 bridgehead atoms. The van der Waals surface area contributed by atoms with Crippen molar-refractivity contribution in [2.24, 2.45) is 5.41 Å². The Morgan fingerprint density at radius 1 is 1.33 bits per heavy atom. The van der Waals surface area contributed by atoms with Gasteiger partial charge in [0.1, 0.15) is 17.2 Å². The molecule has 1 aromatic carbocycles. The molecule has 1 unspecified atom stereocenters. The van der Waals surface area contributed by atoms with Gasteiger partial charge in [-0.3, -0.25) is 0 Å². The van der Waals surface area contributed by atoms with Crippen LogP contribution in [0.2, 0.25) is 0 Å². The van der Waals surface area contributed by atoms with Gasteiger partial charge in [-0.25, -0.2) is 4.39 Å². The van der Waals surface area contributed by atoms with Crippen LogP contribution in [-0.2, 0) is 0 Å². The molecule has 18 heavy (non-hydrogen) atoms. The van der Waals surface area contributed by atoms with Crippen LogP contribution >= 0.6 is 0 Å². The highest BCUT2D eigenvalue weighted by Gasteiger charge is 2.49. The maximum absolute atomic E-state index is 13.2. The molecule has 1 heterocycles. The second-order valence-electron chi connectivity index (χ2n) is 6.53. The van der Waals surface area contributed by atoms with Crippen LogP contribution in [0.15, 0.2) is 18.2 Å². The van der Waals surface area contributed by atoms with Crippen molar-refractivity contribution in [1.29, 1.82) is 0 Å². The minimum absolute atomic E-state index is 0.256. The summed E-state index contributed by atoms with van der Waals surface area (Å²) in [7, 11) is 0. The lowest BCUT2D eigenvalue weighted by Gasteiger charge is -2.39. The lowest BCUT2D eigenvalue weighted by molar-refractivity contribution is -0.0157. The van der Waals surface area contributed by atoms with Crippen molar-refractivity contribution >= 4 is 0 Å². The van der Waals surface area contributed by atoms with Gasteiger partial charge in [0, 0.05) is 12.0 Å². The van der Waals surface area contributed by atoms with E-state index in [-0.39, 0.29) is 16.8 Å². The van der Waals surface area contributed by atoms with E-state index >= 15 is 0 Å². The van der Waals surface area contributed by atoms with Crippen LogP contribution in [0.4, 0.5) is 4.39 Å². The van der Waals surface area contributed by atoms with Crippen molar-refractivity contribution in [1.82, 2.24) is 0 Å². The summed E-state index contributed by atoms with van der Waals surface area (Å²) in [6, 6.07) is 4.41. The molecule has 0 saturated heterocycles. The van der Waals surface area contributed by atoms with Crippen LogP contribution < -0.4 is 4.74 Å². The Hall–Kier alpha value is -1.09. The normalized spacial score (nSPS) is 33.2. The van der Waals surface area contributed by atoms with Crippen LogP contribution in [0.25, 0.3) is 0 Å². The van der Waals surface area contributed by atoms with Gasteiger partial charge in [0.05, 0.1) is 6.10 Å². The third kappa shape index (κ3) is 1.91. The average molecular weight is 250 g/mol. The lowest BCUT2D eigenvalue weighted by Crippen LogP contribution is -2.39. The van der Waals surface area contributed by atoms with Crippen molar-refractivity contribution in [3.05, 3.63) is 29.6 Å². The first-order valence-corrected chi connectivity index (χ1v) is 6.56. The first-order valence-electron chi connectivity index (χ1n) is 6.56. The monoisotopic (exact) mass is 250 g/mol. The number of fused-ring (bicyclic) bond motifs is 1. The maximum atomic E-state index is 13.2. The second kappa shape index (κ2) is 3.70. The van der Waals surface area contributed by atoms with E-state index in [0.29, 0.717) is 17.7 Å². The Labute approximate surface area is 107 Å². The molecule has 2 nitrogen and oxygen atoms in total. The van der Waals surface area contributed by atoms with Crippen molar-refractivity contribution in [2.75, 3.05) is 0 Å². The van der Waals surface area contributed by atoms with Gasteiger partial charge in [-0.15, -0.1) is 0 Å². The largest absolute Gasteiger partial charge is 0.487 e. The smallest absolute Gasteiger partial charge is 0.126 e. The van der Waals surface area contributed by atoms with Gasteiger partial charge in [0.25, 0.3) is 0 Å². The molecule has 1 N–H and O–H groups in total. The molecule has 1 aliphatic carbocycles. The fraction of sp³-hybridized carbons (Fsp3) is 0.600. The Morgan fingerprint density at radius 2 is 2.11 bits per heavy atom. The number of ether oxygens (including phenoxy) is 1. The number of rotatable bonds is 0. The van der Waals surface area contributed by atoms with Crippen LogP contribution in [0.3, 0.4) is 0 Å². The Bertz CT molecular complexity index is 483. The minimum Gasteiger partial charge on any atom is -0.487 e. The molecule has 2 aliphatic rings. The van der Waals surface area contributed by atoms with E-state index in [1.165, 1.54) is 12.1 Å². The molecule has 1 saturated carbocycles. The van der Waals surface area contributed by atoms with E-state index in [1.807, 2.05) is 0 Å². The third-order valence-electron chi connectivity index (χ3n) is 4.28. The molecule has 2 atom stereocenters. The molecule has 3 rings (SSSR count). The average Bonchev–Trinajstić information content (AvgIpc) is 2.56. The first-order chi connectivity index (χ1) is 8.39. The fourth-order valence-corrected chi connectivity index (χ4v) is 3.49. The topological polar surface area (TPSA) is 29.5 Å². The summed E-state index contributed by atoms with van der Waals surface area (Å²) in [6.07, 6.45) is 2.99. The Morgan fingerprint density at radius 3 is 2.78 bits per heavy atom.